The van der Waals surface area contributed by atoms with E-state index in [1.54, 1.807) is 0 Å². The van der Waals surface area contributed by atoms with Crippen LogP contribution in [0.3, 0.4) is 0 Å². The minimum Gasteiger partial charge on any atom is -0.356 e. The van der Waals surface area contributed by atoms with Gasteiger partial charge in [-0.3, -0.25) is 4.79 Å². The zero-order chi connectivity index (χ0) is 17.2. The van der Waals surface area contributed by atoms with Crippen LogP contribution >= 0.6 is 24.8 Å². The molecule has 150 valence electrons. The molecule has 1 amide bonds. The van der Waals surface area contributed by atoms with E-state index in [2.05, 4.69) is 53.8 Å². The Morgan fingerprint density at radius 1 is 1.31 bits per heavy atom. The maximum absolute atomic E-state index is 12.1. The van der Waals surface area contributed by atoms with Crippen molar-refractivity contribution in [1.82, 2.24) is 15.5 Å². The summed E-state index contributed by atoms with van der Waals surface area (Å²) in [5.74, 6) is 1.33. The van der Waals surface area contributed by atoms with Crippen LogP contribution in [-0.4, -0.2) is 44.0 Å². The molecule has 6 heteroatoms. The number of hydrogen-bond donors (Lipinski definition) is 2. The smallest absolute Gasteiger partial charge is 0.220 e. The van der Waals surface area contributed by atoms with E-state index in [1.807, 2.05) is 6.07 Å². The number of benzene rings is 1. The summed E-state index contributed by atoms with van der Waals surface area (Å²) in [6.07, 6.45) is 4.15. The normalized spacial score (nSPS) is 17.7. The second-order valence-electron chi connectivity index (χ2n) is 7.21. The minimum absolute atomic E-state index is 0. The first-order valence-electron chi connectivity index (χ1n) is 9.35. The highest BCUT2D eigenvalue weighted by Crippen LogP contribution is 2.22. The zero-order valence-corrected chi connectivity index (χ0v) is 17.7. The molecule has 1 saturated heterocycles. The molecule has 0 aliphatic carbocycles. The highest BCUT2D eigenvalue weighted by atomic mass is 35.5. The summed E-state index contributed by atoms with van der Waals surface area (Å²) >= 11 is 0. The summed E-state index contributed by atoms with van der Waals surface area (Å²) in [6, 6.07) is 10.5. The molecule has 0 aromatic heterocycles. The summed E-state index contributed by atoms with van der Waals surface area (Å²) in [7, 11) is 2.13. The van der Waals surface area contributed by atoms with Gasteiger partial charge in [-0.05, 0) is 63.3 Å². The van der Waals surface area contributed by atoms with Crippen LogP contribution in [0.5, 0.6) is 0 Å². The van der Waals surface area contributed by atoms with Gasteiger partial charge in [0, 0.05) is 19.5 Å². The van der Waals surface area contributed by atoms with Crippen molar-refractivity contribution in [3.8, 4) is 0 Å². The van der Waals surface area contributed by atoms with Crippen LogP contribution in [0.25, 0.3) is 0 Å². The SMILES string of the molecule is CC(CC(=O)NCCCN(C)Cc1ccccc1)C1CCCNC1.Cl.Cl. The average Bonchev–Trinajstić information content (AvgIpc) is 2.60. The number of nitrogens with zero attached hydrogens (tertiary/aromatic N) is 1. The van der Waals surface area contributed by atoms with E-state index in [0.29, 0.717) is 18.3 Å². The van der Waals surface area contributed by atoms with Crippen LogP contribution in [-0.2, 0) is 11.3 Å². The van der Waals surface area contributed by atoms with Gasteiger partial charge in [0.15, 0.2) is 0 Å². The van der Waals surface area contributed by atoms with Crippen LogP contribution < -0.4 is 10.6 Å². The Balaban J connectivity index is 0.00000312. The van der Waals surface area contributed by atoms with Gasteiger partial charge in [-0.25, -0.2) is 0 Å². The fourth-order valence-electron chi connectivity index (χ4n) is 3.45. The van der Waals surface area contributed by atoms with Gasteiger partial charge in [0.2, 0.25) is 5.91 Å². The Kier molecular flexibility index (Phi) is 13.8. The standard InChI is InChI=1S/C20H33N3O.2ClH/c1-17(19-10-6-11-21-15-19)14-20(24)22-12-7-13-23(2)16-18-8-4-3-5-9-18;;/h3-5,8-9,17,19,21H,6-7,10-16H2,1-2H3,(H,22,24);2*1H. The molecule has 1 aromatic rings. The first-order valence-corrected chi connectivity index (χ1v) is 9.35. The van der Waals surface area contributed by atoms with Gasteiger partial charge in [0.1, 0.15) is 0 Å². The Labute approximate surface area is 171 Å². The number of halogens is 2. The van der Waals surface area contributed by atoms with Crippen molar-refractivity contribution < 1.29 is 4.79 Å². The molecular formula is C20H35Cl2N3O. The van der Waals surface area contributed by atoms with Crippen LogP contribution in [0.2, 0.25) is 0 Å². The van der Waals surface area contributed by atoms with E-state index < -0.39 is 0 Å². The highest BCUT2D eigenvalue weighted by molar-refractivity contribution is 5.85. The molecule has 2 N–H and O–H groups in total. The molecule has 4 nitrogen and oxygen atoms in total. The molecule has 1 aromatic carbocycles. The molecule has 1 aliphatic rings. The van der Waals surface area contributed by atoms with E-state index in [1.165, 1.54) is 18.4 Å². The average molecular weight is 404 g/mol. The first-order chi connectivity index (χ1) is 11.6. The van der Waals surface area contributed by atoms with Crippen molar-refractivity contribution in [2.24, 2.45) is 11.8 Å². The molecule has 0 bridgehead atoms. The molecule has 2 atom stereocenters. The topological polar surface area (TPSA) is 44.4 Å². The molecule has 0 spiro atoms. The molecule has 26 heavy (non-hydrogen) atoms. The predicted molar refractivity (Wildman–Crippen MR) is 114 cm³/mol. The van der Waals surface area contributed by atoms with E-state index >= 15 is 0 Å². The maximum Gasteiger partial charge on any atom is 0.220 e. The van der Waals surface area contributed by atoms with Gasteiger partial charge in [0.25, 0.3) is 0 Å². The lowest BCUT2D eigenvalue weighted by atomic mass is 9.85. The third-order valence-electron chi connectivity index (χ3n) is 4.98. The summed E-state index contributed by atoms with van der Waals surface area (Å²) in [5.41, 5.74) is 1.33. The number of carbonyl (C=O) groups is 1. The molecule has 0 radical (unpaired) electrons. The zero-order valence-electron chi connectivity index (χ0n) is 16.1. The van der Waals surface area contributed by atoms with Crippen molar-refractivity contribution >= 4 is 30.7 Å². The second-order valence-corrected chi connectivity index (χ2v) is 7.21. The summed E-state index contributed by atoms with van der Waals surface area (Å²) < 4.78 is 0. The van der Waals surface area contributed by atoms with Crippen molar-refractivity contribution in [3.05, 3.63) is 35.9 Å². The Morgan fingerprint density at radius 3 is 2.69 bits per heavy atom. The van der Waals surface area contributed by atoms with Gasteiger partial charge in [0.05, 0.1) is 0 Å². The fraction of sp³-hybridized carbons (Fsp3) is 0.650. The molecule has 1 aliphatic heterocycles. The third-order valence-corrected chi connectivity index (χ3v) is 4.98. The van der Waals surface area contributed by atoms with Crippen LogP contribution in [0, 0.1) is 11.8 Å². The number of piperidine rings is 1. The van der Waals surface area contributed by atoms with Gasteiger partial charge < -0.3 is 15.5 Å². The van der Waals surface area contributed by atoms with Crippen molar-refractivity contribution in [3.63, 3.8) is 0 Å². The van der Waals surface area contributed by atoms with Crippen LogP contribution in [0.4, 0.5) is 0 Å². The molecule has 2 rings (SSSR count). The molecule has 2 unspecified atom stereocenters. The number of rotatable bonds is 9. The first kappa shape index (κ1) is 25.2. The molecular weight excluding hydrogens is 369 g/mol. The highest BCUT2D eigenvalue weighted by Gasteiger charge is 2.21. The largest absolute Gasteiger partial charge is 0.356 e. The van der Waals surface area contributed by atoms with Gasteiger partial charge in [-0.15, -0.1) is 24.8 Å². The molecule has 0 saturated carbocycles. The lowest BCUT2D eigenvalue weighted by molar-refractivity contribution is -0.122. The summed E-state index contributed by atoms with van der Waals surface area (Å²) in [5, 5.41) is 6.52. The molecule has 1 heterocycles. The number of nitrogens with one attached hydrogen (secondary N) is 2. The van der Waals surface area contributed by atoms with Crippen LogP contribution in [0.15, 0.2) is 30.3 Å². The van der Waals surface area contributed by atoms with Crippen molar-refractivity contribution in [2.45, 2.75) is 39.2 Å². The van der Waals surface area contributed by atoms with E-state index in [-0.39, 0.29) is 30.7 Å². The minimum atomic E-state index is 0. The maximum atomic E-state index is 12.1. The quantitative estimate of drug-likeness (QED) is 0.620. The van der Waals surface area contributed by atoms with Gasteiger partial charge in [-0.2, -0.15) is 0 Å². The van der Waals surface area contributed by atoms with Crippen molar-refractivity contribution in [2.75, 3.05) is 33.2 Å². The number of hydrogen-bond acceptors (Lipinski definition) is 3. The van der Waals surface area contributed by atoms with Crippen molar-refractivity contribution in [1.29, 1.82) is 0 Å². The predicted octanol–water partition coefficient (Wildman–Crippen LogP) is 3.49. The summed E-state index contributed by atoms with van der Waals surface area (Å²) in [6.45, 7) is 7.14. The Morgan fingerprint density at radius 2 is 2.04 bits per heavy atom. The monoisotopic (exact) mass is 403 g/mol. The third kappa shape index (κ3) is 9.77. The van der Waals surface area contributed by atoms with Gasteiger partial charge in [-0.1, -0.05) is 37.3 Å². The Hall–Kier alpha value is -0.810. The van der Waals surface area contributed by atoms with E-state index in [0.717, 1.165) is 39.1 Å². The summed E-state index contributed by atoms with van der Waals surface area (Å²) in [4.78, 5) is 14.4. The van der Waals surface area contributed by atoms with Gasteiger partial charge >= 0.3 is 0 Å². The molecule has 1 fully saturated rings. The lowest BCUT2D eigenvalue weighted by Crippen LogP contribution is -2.36. The fourth-order valence-corrected chi connectivity index (χ4v) is 3.45. The second kappa shape index (κ2) is 14.3. The number of amides is 1. The Bertz CT molecular complexity index is 481. The van der Waals surface area contributed by atoms with E-state index in [9.17, 15) is 4.79 Å². The van der Waals surface area contributed by atoms with Crippen LogP contribution in [0.1, 0.15) is 38.2 Å². The lowest BCUT2D eigenvalue weighted by Gasteiger charge is -2.28. The number of carbonyl (C=O) groups excluding carboxylic acids is 1. The van der Waals surface area contributed by atoms with E-state index in [4.69, 9.17) is 0 Å².